The van der Waals surface area contributed by atoms with Crippen LogP contribution in [-0.2, 0) is 128 Å². The summed E-state index contributed by atoms with van der Waals surface area (Å²) in [5, 5.41) is 422. The number of hydrogen-bond acceptors (Lipinski definition) is 64. The van der Waals surface area contributed by atoms with Crippen LogP contribution in [0.25, 0.3) is 0 Å². The van der Waals surface area contributed by atoms with Crippen molar-refractivity contribution in [2.24, 2.45) is 0 Å². The summed E-state index contributed by atoms with van der Waals surface area (Å²) in [7, 11) is 0. The van der Waals surface area contributed by atoms with E-state index in [1.54, 1.807) is 0 Å². The number of rotatable bonds is 37. The molecule has 13 aliphatic heterocycles. The molecule has 13 saturated heterocycles. The van der Waals surface area contributed by atoms with Crippen LogP contribution in [0.4, 0.5) is 0 Å². The minimum atomic E-state index is -2.80. The van der Waals surface area contributed by atoms with Crippen molar-refractivity contribution in [3.05, 3.63) is 0 Å². The van der Waals surface area contributed by atoms with Crippen LogP contribution >= 0.6 is 0 Å². The topological polar surface area (TPSA) is 1040 Å². The largest absolute Gasteiger partial charge is 0.394 e. The average molecular weight is 2160 g/mol. The van der Waals surface area contributed by atoms with Crippen molar-refractivity contribution in [3.8, 4) is 0 Å². The summed E-state index contributed by atoms with van der Waals surface area (Å²) in [5.41, 5.74) is 0. The maximum Gasteiger partial charge on any atom is 0.217 e. The summed E-state index contributed by atoms with van der Waals surface area (Å²) >= 11 is 0. The van der Waals surface area contributed by atoms with Gasteiger partial charge < -0.3 is 318 Å². The number of amides is 2. The second-order valence-electron chi connectivity index (χ2n) is 37.5. The molecule has 13 rings (SSSR count). The highest BCUT2D eigenvalue weighted by molar-refractivity contribution is 5.73. The molecule has 1 unspecified atom stereocenters. The summed E-state index contributed by atoms with van der Waals surface area (Å²) in [6.07, 6.45) is -140. The molecule has 0 aliphatic carbocycles. The molecule has 0 radical (unpaired) electrons. The maximum absolute atomic E-state index is 13.7. The van der Waals surface area contributed by atoms with E-state index < -0.39 is 484 Å². The molecule has 66 heteroatoms. The number of carbonyl (C=O) groups is 2. The molecule has 147 heavy (non-hydrogen) atoms. The first-order valence-corrected chi connectivity index (χ1v) is 47.0. The third-order valence-corrected chi connectivity index (χ3v) is 27.5. The van der Waals surface area contributed by atoms with Gasteiger partial charge in [-0.2, -0.15) is 0 Å². The Labute approximate surface area is 830 Å². The lowest BCUT2D eigenvalue weighted by Gasteiger charge is -2.52. The van der Waals surface area contributed by atoms with E-state index in [2.05, 4.69) is 10.6 Å². The lowest BCUT2D eigenvalue weighted by molar-refractivity contribution is -0.412. The highest BCUT2D eigenvalue weighted by Gasteiger charge is 2.64. The molecule has 0 spiro atoms. The van der Waals surface area contributed by atoms with Gasteiger partial charge in [0.1, 0.15) is 305 Å². The molecule has 66 nitrogen and oxygen atoms in total. The van der Waals surface area contributed by atoms with Gasteiger partial charge in [0.15, 0.2) is 81.8 Å². The van der Waals surface area contributed by atoms with Crippen LogP contribution in [0.5, 0.6) is 0 Å². The molecule has 0 aromatic carbocycles. The van der Waals surface area contributed by atoms with Crippen molar-refractivity contribution in [1.29, 1.82) is 0 Å². The number of nitrogens with one attached hydrogen (secondary N) is 2. The van der Waals surface area contributed by atoms with Crippen molar-refractivity contribution < 1.29 is 317 Å². The van der Waals surface area contributed by atoms with Crippen LogP contribution in [-0.4, -0.2) is 673 Å². The Kier molecular flexibility index (Phi) is 42.9. The van der Waals surface area contributed by atoms with Gasteiger partial charge in [-0.25, -0.2) is 0 Å². The lowest BCUT2D eigenvalue weighted by atomic mass is 9.93. The highest BCUT2D eigenvalue weighted by Crippen LogP contribution is 2.44. The number of carbonyl (C=O) groups excluding carboxylic acids is 2. The third kappa shape index (κ3) is 26.1. The molecule has 13 aliphatic rings. The zero-order valence-electron chi connectivity index (χ0n) is 78.0. The maximum atomic E-state index is 13.7. The lowest BCUT2D eigenvalue weighted by Crippen LogP contribution is -2.71. The van der Waals surface area contributed by atoms with Gasteiger partial charge in [0.05, 0.1) is 85.4 Å². The molecule has 39 N–H and O–H groups in total. The Morgan fingerprint density at radius 3 is 0.905 bits per heavy atom. The van der Waals surface area contributed by atoms with Crippen LogP contribution in [0.3, 0.4) is 0 Å². The summed E-state index contributed by atoms with van der Waals surface area (Å²) in [5.74, 6) is -2.03. The normalized spacial score (nSPS) is 52.4. The van der Waals surface area contributed by atoms with E-state index in [4.69, 9.17) is 118 Å². The Hall–Kier alpha value is -3.54. The van der Waals surface area contributed by atoms with Crippen LogP contribution in [0.15, 0.2) is 0 Å². The van der Waals surface area contributed by atoms with Crippen LogP contribution in [0, 0.1) is 0 Å². The predicted molar refractivity (Wildman–Crippen MR) is 443 cm³/mol. The smallest absolute Gasteiger partial charge is 0.217 e. The zero-order chi connectivity index (χ0) is 108. The van der Waals surface area contributed by atoms with Crippen LogP contribution in [0.1, 0.15) is 20.8 Å². The number of aliphatic hydroxyl groups excluding tert-OH is 37. The van der Waals surface area contributed by atoms with Crippen molar-refractivity contribution in [2.45, 2.75) is 414 Å². The van der Waals surface area contributed by atoms with Gasteiger partial charge in [0, 0.05) is 13.8 Å². The monoisotopic (exact) mass is 2160 g/mol. The summed E-state index contributed by atoms with van der Waals surface area (Å²) < 4.78 is 150. The minimum absolute atomic E-state index is 0.852. The second-order valence-corrected chi connectivity index (χ2v) is 37.5. The van der Waals surface area contributed by atoms with Crippen LogP contribution in [0.2, 0.25) is 0 Å². The van der Waals surface area contributed by atoms with E-state index in [1.165, 1.54) is 6.92 Å². The van der Waals surface area contributed by atoms with Gasteiger partial charge in [-0.15, -0.1) is 0 Å². The molecule has 0 aromatic rings. The Morgan fingerprint density at radius 2 is 0.497 bits per heavy atom. The molecule has 13 fully saturated rings. The van der Waals surface area contributed by atoms with E-state index in [-0.39, 0.29) is 0 Å². The van der Waals surface area contributed by atoms with Gasteiger partial charge in [0.25, 0.3) is 0 Å². The summed E-state index contributed by atoms with van der Waals surface area (Å²) in [6.45, 7) is -11.3. The molecule has 0 saturated carbocycles. The first-order chi connectivity index (χ1) is 69.6. The number of hydrogen-bond donors (Lipinski definition) is 39. The molecule has 13 heterocycles. The van der Waals surface area contributed by atoms with Crippen molar-refractivity contribution in [3.63, 3.8) is 0 Å². The van der Waals surface area contributed by atoms with Crippen LogP contribution < -0.4 is 10.6 Å². The minimum Gasteiger partial charge on any atom is -0.394 e. The summed E-state index contributed by atoms with van der Waals surface area (Å²) in [4.78, 5) is 26.6. The van der Waals surface area contributed by atoms with E-state index in [9.17, 15) is 199 Å². The third-order valence-electron chi connectivity index (χ3n) is 27.5. The molecular formula is C81H136N2O64. The molecule has 0 aromatic heterocycles. The first-order valence-electron chi connectivity index (χ1n) is 47.0. The Morgan fingerprint density at radius 1 is 0.218 bits per heavy atom. The average Bonchev–Trinajstić information content (AvgIpc) is 0.755. The van der Waals surface area contributed by atoms with Gasteiger partial charge in [-0.1, -0.05) is 0 Å². The van der Waals surface area contributed by atoms with E-state index >= 15 is 0 Å². The molecule has 64 atom stereocenters. The molecule has 2 amide bonds. The standard InChI is InChI=1S/C81H136N2O64/c1-16-33(95)45(107)53(115)73(127-16)141-62-32(83-18(3)93)69(122)128-27(11-91)61(62)140-70-31(82-17(2)92)44(106)60(26(10-90)135-70)139-81-68(147-71-52(114)34(96)19(94)12-123-71)65(144-78-59(121)64(143-75-55(117)47(109)36(98)21(5-85)130-75)42(104)29(137-78)15-126-80-67(51(113)40(102)25(9-89)134-80)146-77-57(119)49(111)38(100)23(7-87)132-77)43(105)30(138-81)13-124-72-58(120)63(142-74-54(116)46(108)35(97)20(4-84)129-74)41(103)28(136-72)14-125-79-66(50(112)39(101)24(8-88)133-79)145-76-56(118)48(110)37(99)22(6-86)131-76/h16,19-81,84-91,94-122H,4-15H2,1-3H3,(H,82,92)(H,83,93)/t16-,19+,20+,21+,22+,23+,24+,25+,26+,27+,28+,29+,30+,31+,32+,33+,34-,35+,36+,37+,38+,39+,40+,41+,42+,43+,44+,45+,46-,47-,48-,49-,50-,51-,52+,53-,54-,55-,56-,57-,58-,59-,60+,61+,62+,63-,64-,65-,66-,67-,68-,69?,70-,71-,72-,73-,74+,75+,76+,77+,78+,79-,80-,81-/m0/s1. The molecule has 854 valence electrons. The highest BCUT2D eigenvalue weighted by atomic mass is 16.8. The molecular weight excluding hydrogens is 2020 g/mol. The van der Waals surface area contributed by atoms with E-state index in [0.29, 0.717) is 0 Å². The van der Waals surface area contributed by atoms with E-state index in [0.717, 1.165) is 13.8 Å². The quantitative estimate of drug-likeness (QED) is 0.0275. The van der Waals surface area contributed by atoms with Crippen molar-refractivity contribution in [2.75, 3.05) is 79.3 Å². The van der Waals surface area contributed by atoms with Gasteiger partial charge in [0.2, 0.25) is 11.8 Å². The zero-order valence-corrected chi connectivity index (χ0v) is 78.0. The molecule has 0 bridgehead atoms. The Balaban J connectivity index is 0.906. The fraction of sp³-hybridized carbons (Fsp3) is 0.975. The summed E-state index contributed by atoms with van der Waals surface area (Å²) in [6, 6.07) is -4.08. The second kappa shape index (κ2) is 52.3. The Bertz CT molecular complexity index is 3990. The van der Waals surface area contributed by atoms with Crippen molar-refractivity contribution >= 4 is 11.8 Å². The van der Waals surface area contributed by atoms with Gasteiger partial charge in [-0.3, -0.25) is 9.59 Å². The SMILES string of the molecule is CC(=O)N[C@H]1[C@H](O[C@H]2[C@H](O[C@@H]3O[C@@H](C)[C@@H](O)[C@@H](O)[C@@H]3O)[C@@H](NC(C)=O)C(O)O[C@@H]2CO)O[C@H](CO)[C@@H](O[C@@H]2O[C@H](CO[C@H]3O[C@H](CO[C@H]4O[C@H](CO)[C@@H](O)[C@H](O)[C@@H]4O[C@H]4O[C@H](CO)[C@@H](O)[C@H](O)[C@@H]4O)[C@@H](O)[C@H](O[C@H]4O[C@H](CO)[C@@H](O)[C@H](O)[C@@H]4O)[C@@H]3O)[C@@H](O)[C@H](O[C@H]3O[C@H](CO[C@H]4O[C@H](CO)[C@@H](O)[C@H](O)[C@@H]4O[C@H]4O[C@H](CO)[C@@H](O)[C@H](O)[C@@H]4O)[C@@H](O)[C@H](O[C@H]4O[C@H](CO)[C@@H](O)[C@H](O)[C@@H]4O)[C@@H]3O)[C@@H]2O[C@@H]2OC[C@@H](O)[C@H](O)[C@H]2O)[C@@H]1O. The van der Waals surface area contributed by atoms with Crippen molar-refractivity contribution in [1.82, 2.24) is 10.6 Å². The van der Waals surface area contributed by atoms with E-state index in [1.807, 2.05) is 0 Å². The number of aliphatic hydroxyl groups is 37. The first kappa shape index (κ1) is 120. The predicted octanol–water partition coefficient (Wildman–Crippen LogP) is -27.4. The fourth-order valence-electron chi connectivity index (χ4n) is 19.0. The van der Waals surface area contributed by atoms with Gasteiger partial charge in [-0.05, 0) is 6.92 Å². The van der Waals surface area contributed by atoms with Gasteiger partial charge >= 0.3 is 0 Å². The fourth-order valence-corrected chi connectivity index (χ4v) is 19.0. The number of ether oxygens (including phenoxy) is 25.